The summed E-state index contributed by atoms with van der Waals surface area (Å²) in [4.78, 5) is 17.5. The average molecular weight is 288 g/mol. The molecule has 1 aromatic heterocycles. The number of H-pyrrole nitrogens is 1. The van der Waals surface area contributed by atoms with Crippen molar-refractivity contribution in [1.82, 2.24) is 9.88 Å². The standard InChI is InChI=1S/C17H24N2O2/c1-6-19(10-17(4,5)21)16(20)15-9-13-12(3)7-11(2)8-14(13)18-15/h7-9,18,21H,6,10H2,1-5H3. The summed E-state index contributed by atoms with van der Waals surface area (Å²) in [7, 11) is 0. The molecule has 4 nitrogen and oxygen atoms in total. The fraction of sp³-hybridized carbons (Fsp3) is 0.471. The number of likely N-dealkylation sites (N-methyl/N-ethyl adjacent to an activating group) is 1. The SMILES string of the molecule is CCN(CC(C)(C)O)C(=O)c1cc2c(C)cc(C)cc2[nH]1. The highest BCUT2D eigenvalue weighted by molar-refractivity contribution is 5.99. The molecule has 4 heteroatoms. The van der Waals surface area contributed by atoms with Crippen LogP contribution in [0.1, 0.15) is 42.4 Å². The minimum absolute atomic E-state index is 0.0760. The molecule has 0 fully saturated rings. The van der Waals surface area contributed by atoms with Gasteiger partial charge in [-0.2, -0.15) is 0 Å². The molecule has 0 saturated carbocycles. The third-order valence-corrected chi connectivity index (χ3v) is 3.57. The fourth-order valence-electron chi connectivity index (χ4n) is 2.68. The van der Waals surface area contributed by atoms with Crippen LogP contribution in [-0.4, -0.2) is 39.6 Å². The number of carbonyl (C=O) groups excluding carboxylic acids is 1. The number of aromatic amines is 1. The van der Waals surface area contributed by atoms with E-state index in [9.17, 15) is 9.90 Å². The Labute approximate surface area is 125 Å². The van der Waals surface area contributed by atoms with Gasteiger partial charge in [-0.05, 0) is 57.9 Å². The highest BCUT2D eigenvalue weighted by atomic mass is 16.3. The van der Waals surface area contributed by atoms with Crippen LogP contribution in [0.4, 0.5) is 0 Å². The Hall–Kier alpha value is -1.81. The second-order valence-electron chi connectivity index (χ2n) is 6.36. The maximum atomic E-state index is 12.6. The van der Waals surface area contributed by atoms with E-state index in [0.717, 1.165) is 16.5 Å². The van der Waals surface area contributed by atoms with Gasteiger partial charge in [0, 0.05) is 24.0 Å². The van der Waals surface area contributed by atoms with Crippen molar-refractivity contribution in [2.45, 2.75) is 40.2 Å². The lowest BCUT2D eigenvalue weighted by molar-refractivity contribution is 0.0312. The summed E-state index contributed by atoms with van der Waals surface area (Å²) in [6.07, 6.45) is 0. The zero-order valence-corrected chi connectivity index (χ0v) is 13.4. The lowest BCUT2D eigenvalue weighted by Gasteiger charge is -2.27. The Bertz CT molecular complexity index is 665. The van der Waals surface area contributed by atoms with Gasteiger partial charge in [-0.1, -0.05) is 6.07 Å². The van der Waals surface area contributed by atoms with Gasteiger partial charge in [-0.25, -0.2) is 0 Å². The topological polar surface area (TPSA) is 56.3 Å². The van der Waals surface area contributed by atoms with Crippen molar-refractivity contribution in [2.75, 3.05) is 13.1 Å². The van der Waals surface area contributed by atoms with Gasteiger partial charge in [-0.15, -0.1) is 0 Å². The maximum absolute atomic E-state index is 12.6. The highest BCUT2D eigenvalue weighted by Crippen LogP contribution is 2.22. The van der Waals surface area contributed by atoms with Gasteiger partial charge in [0.05, 0.1) is 5.60 Å². The van der Waals surface area contributed by atoms with E-state index in [1.165, 1.54) is 5.56 Å². The molecule has 0 saturated heterocycles. The molecule has 2 N–H and O–H groups in total. The lowest BCUT2D eigenvalue weighted by atomic mass is 10.1. The minimum atomic E-state index is -0.899. The van der Waals surface area contributed by atoms with E-state index in [1.807, 2.05) is 32.9 Å². The quantitative estimate of drug-likeness (QED) is 0.908. The number of fused-ring (bicyclic) bond motifs is 1. The fourth-order valence-corrected chi connectivity index (χ4v) is 2.68. The van der Waals surface area contributed by atoms with Gasteiger partial charge in [0.1, 0.15) is 5.69 Å². The van der Waals surface area contributed by atoms with Crippen molar-refractivity contribution >= 4 is 16.8 Å². The van der Waals surface area contributed by atoms with Gasteiger partial charge < -0.3 is 15.0 Å². The Balaban J connectivity index is 2.36. The number of hydrogen-bond donors (Lipinski definition) is 2. The predicted molar refractivity (Wildman–Crippen MR) is 85.6 cm³/mol. The molecule has 0 aliphatic heterocycles. The Morgan fingerprint density at radius 3 is 2.52 bits per heavy atom. The van der Waals surface area contributed by atoms with E-state index < -0.39 is 5.60 Å². The van der Waals surface area contributed by atoms with E-state index in [0.29, 0.717) is 18.8 Å². The van der Waals surface area contributed by atoms with Gasteiger partial charge in [0.2, 0.25) is 0 Å². The number of aromatic nitrogens is 1. The van der Waals surface area contributed by atoms with Crippen molar-refractivity contribution in [3.63, 3.8) is 0 Å². The maximum Gasteiger partial charge on any atom is 0.270 e. The second-order valence-corrected chi connectivity index (χ2v) is 6.36. The summed E-state index contributed by atoms with van der Waals surface area (Å²) in [5.74, 6) is -0.0760. The summed E-state index contributed by atoms with van der Waals surface area (Å²) in [5, 5.41) is 11.0. The summed E-state index contributed by atoms with van der Waals surface area (Å²) >= 11 is 0. The summed E-state index contributed by atoms with van der Waals surface area (Å²) in [6, 6.07) is 6.06. The zero-order valence-electron chi connectivity index (χ0n) is 13.4. The van der Waals surface area contributed by atoms with Crippen LogP contribution in [0.3, 0.4) is 0 Å². The Kier molecular flexibility index (Phi) is 4.10. The van der Waals surface area contributed by atoms with Crippen LogP contribution in [0, 0.1) is 13.8 Å². The van der Waals surface area contributed by atoms with E-state index in [-0.39, 0.29) is 5.91 Å². The summed E-state index contributed by atoms with van der Waals surface area (Å²) in [6.45, 7) is 10.3. The van der Waals surface area contributed by atoms with Crippen molar-refractivity contribution in [1.29, 1.82) is 0 Å². The highest BCUT2D eigenvalue weighted by Gasteiger charge is 2.23. The van der Waals surface area contributed by atoms with Crippen molar-refractivity contribution in [3.8, 4) is 0 Å². The molecule has 0 unspecified atom stereocenters. The number of rotatable bonds is 4. The van der Waals surface area contributed by atoms with Crippen molar-refractivity contribution < 1.29 is 9.90 Å². The average Bonchev–Trinajstić information content (AvgIpc) is 2.78. The monoisotopic (exact) mass is 288 g/mol. The van der Waals surface area contributed by atoms with Crippen molar-refractivity contribution in [3.05, 3.63) is 35.0 Å². The van der Waals surface area contributed by atoms with E-state index in [4.69, 9.17) is 0 Å². The molecule has 0 spiro atoms. The smallest absolute Gasteiger partial charge is 0.270 e. The molecule has 1 amide bonds. The van der Waals surface area contributed by atoms with E-state index in [1.54, 1.807) is 18.7 Å². The summed E-state index contributed by atoms with van der Waals surface area (Å²) < 4.78 is 0. The number of aliphatic hydroxyl groups is 1. The molecule has 0 aliphatic carbocycles. The summed E-state index contributed by atoms with van der Waals surface area (Å²) in [5.41, 5.74) is 2.99. The molecular weight excluding hydrogens is 264 g/mol. The number of nitrogens with zero attached hydrogens (tertiary/aromatic N) is 1. The Morgan fingerprint density at radius 2 is 1.95 bits per heavy atom. The molecule has 1 heterocycles. The number of amides is 1. The number of aryl methyl sites for hydroxylation is 2. The van der Waals surface area contributed by atoms with Gasteiger partial charge in [0.25, 0.3) is 5.91 Å². The van der Waals surface area contributed by atoms with Crippen LogP contribution in [0.25, 0.3) is 10.9 Å². The first kappa shape index (κ1) is 15.6. The molecule has 0 aliphatic rings. The normalized spacial score (nSPS) is 11.9. The molecule has 1 aromatic carbocycles. The predicted octanol–water partition coefficient (Wildman–Crippen LogP) is 3.02. The van der Waals surface area contributed by atoms with Crippen LogP contribution in [-0.2, 0) is 0 Å². The number of benzene rings is 1. The van der Waals surface area contributed by atoms with Gasteiger partial charge in [0.15, 0.2) is 0 Å². The third kappa shape index (κ3) is 3.45. The van der Waals surface area contributed by atoms with Gasteiger partial charge >= 0.3 is 0 Å². The molecule has 0 bridgehead atoms. The molecular formula is C17H24N2O2. The molecule has 21 heavy (non-hydrogen) atoms. The Morgan fingerprint density at radius 1 is 1.29 bits per heavy atom. The molecule has 2 aromatic rings. The first-order chi connectivity index (χ1) is 9.71. The first-order valence-electron chi connectivity index (χ1n) is 7.33. The molecule has 0 radical (unpaired) electrons. The molecule has 114 valence electrons. The number of nitrogens with one attached hydrogen (secondary N) is 1. The number of hydrogen-bond acceptors (Lipinski definition) is 2. The molecule has 0 atom stereocenters. The van der Waals surface area contributed by atoms with Crippen LogP contribution < -0.4 is 0 Å². The van der Waals surface area contributed by atoms with Gasteiger partial charge in [-0.3, -0.25) is 4.79 Å². The number of carbonyl (C=O) groups is 1. The lowest BCUT2D eigenvalue weighted by Crippen LogP contribution is -2.42. The van der Waals surface area contributed by atoms with Crippen LogP contribution >= 0.6 is 0 Å². The zero-order chi connectivity index (χ0) is 15.8. The largest absolute Gasteiger partial charge is 0.389 e. The van der Waals surface area contributed by atoms with Crippen LogP contribution in [0.5, 0.6) is 0 Å². The van der Waals surface area contributed by atoms with E-state index in [2.05, 4.69) is 11.1 Å². The molecule has 2 rings (SSSR count). The van der Waals surface area contributed by atoms with Crippen LogP contribution in [0.2, 0.25) is 0 Å². The van der Waals surface area contributed by atoms with Crippen LogP contribution in [0.15, 0.2) is 18.2 Å². The second kappa shape index (κ2) is 5.53. The first-order valence-corrected chi connectivity index (χ1v) is 7.33. The van der Waals surface area contributed by atoms with E-state index >= 15 is 0 Å². The van der Waals surface area contributed by atoms with Crippen molar-refractivity contribution in [2.24, 2.45) is 0 Å². The minimum Gasteiger partial charge on any atom is -0.389 e. The third-order valence-electron chi connectivity index (χ3n) is 3.57.